The van der Waals surface area contributed by atoms with Crippen molar-refractivity contribution in [2.45, 2.75) is 31.0 Å². The van der Waals surface area contributed by atoms with Gasteiger partial charge in [-0.25, -0.2) is 14.8 Å². The lowest BCUT2D eigenvalue weighted by molar-refractivity contribution is -0.127. The molecule has 2 aliphatic heterocycles. The van der Waals surface area contributed by atoms with Gasteiger partial charge in [0.15, 0.2) is 5.16 Å². The molecule has 1 N–H and O–H groups in total. The zero-order valence-electron chi connectivity index (χ0n) is 18.3. The Morgan fingerprint density at radius 1 is 1.12 bits per heavy atom. The van der Waals surface area contributed by atoms with E-state index >= 15 is 0 Å². The third-order valence-corrected chi connectivity index (χ3v) is 6.99. The van der Waals surface area contributed by atoms with Crippen molar-refractivity contribution in [2.24, 2.45) is 0 Å². The molecule has 2 fully saturated rings. The van der Waals surface area contributed by atoms with E-state index in [1.165, 1.54) is 11.8 Å². The highest BCUT2D eigenvalue weighted by Gasteiger charge is 2.29. The molecule has 11 heteroatoms. The Labute approximate surface area is 207 Å². The number of halogens is 2. The highest BCUT2D eigenvalue weighted by molar-refractivity contribution is 7.99. The summed E-state index contributed by atoms with van der Waals surface area (Å²) in [7, 11) is 0. The second-order valence-electron chi connectivity index (χ2n) is 8.14. The van der Waals surface area contributed by atoms with Crippen LogP contribution in [-0.4, -0.2) is 76.2 Å². The van der Waals surface area contributed by atoms with Gasteiger partial charge in [0.2, 0.25) is 5.91 Å². The van der Waals surface area contributed by atoms with Gasteiger partial charge in [-0.15, -0.1) is 0 Å². The van der Waals surface area contributed by atoms with Crippen LogP contribution in [0.4, 0.5) is 16.3 Å². The SMILES string of the molecule is CC1CN(c2cc(Cl)nc(SCC(=O)N3CCCC3)n2)CCN1C(=O)Nc1cccc(Cl)c1. The first-order chi connectivity index (χ1) is 15.9. The molecule has 0 radical (unpaired) electrons. The maximum Gasteiger partial charge on any atom is 0.322 e. The van der Waals surface area contributed by atoms with Crippen LogP contribution in [0.15, 0.2) is 35.5 Å². The number of nitrogens with zero attached hydrogens (tertiary/aromatic N) is 5. The fourth-order valence-corrected chi connectivity index (χ4v) is 5.20. The van der Waals surface area contributed by atoms with Gasteiger partial charge in [-0.1, -0.05) is 41.0 Å². The quantitative estimate of drug-likeness (QED) is 0.369. The first-order valence-corrected chi connectivity index (χ1v) is 12.7. The minimum absolute atomic E-state index is 0.0421. The van der Waals surface area contributed by atoms with Gasteiger partial charge in [0.1, 0.15) is 11.0 Å². The van der Waals surface area contributed by atoms with Crippen LogP contribution in [0.3, 0.4) is 0 Å². The molecule has 4 rings (SSSR count). The summed E-state index contributed by atoms with van der Waals surface area (Å²) in [4.78, 5) is 39.8. The summed E-state index contributed by atoms with van der Waals surface area (Å²) in [5.74, 6) is 1.11. The van der Waals surface area contributed by atoms with Gasteiger partial charge in [-0.2, -0.15) is 0 Å². The minimum atomic E-state index is -0.165. The summed E-state index contributed by atoms with van der Waals surface area (Å²) in [6.45, 7) is 5.40. The normalized spacial score (nSPS) is 18.5. The second-order valence-corrected chi connectivity index (χ2v) is 9.90. The largest absolute Gasteiger partial charge is 0.353 e. The van der Waals surface area contributed by atoms with E-state index in [0.29, 0.717) is 52.2 Å². The van der Waals surface area contributed by atoms with Gasteiger partial charge in [-0.3, -0.25) is 4.79 Å². The van der Waals surface area contributed by atoms with Gasteiger partial charge in [-0.05, 0) is 38.0 Å². The zero-order chi connectivity index (χ0) is 23.4. The lowest BCUT2D eigenvalue weighted by Gasteiger charge is -2.40. The zero-order valence-corrected chi connectivity index (χ0v) is 20.7. The predicted octanol–water partition coefficient (Wildman–Crippen LogP) is 4.24. The number of anilines is 2. The molecule has 2 saturated heterocycles. The lowest BCUT2D eigenvalue weighted by Crippen LogP contribution is -2.55. The first-order valence-electron chi connectivity index (χ1n) is 10.9. The summed E-state index contributed by atoms with van der Waals surface area (Å²) in [6, 6.07) is 8.61. The Kier molecular flexibility index (Phi) is 7.82. The summed E-state index contributed by atoms with van der Waals surface area (Å²) in [5.41, 5.74) is 0.662. The van der Waals surface area contributed by atoms with Crippen molar-refractivity contribution >= 4 is 58.4 Å². The number of amides is 3. The third-order valence-electron chi connectivity index (χ3n) is 5.73. The molecule has 1 aromatic carbocycles. The van der Waals surface area contributed by atoms with Gasteiger partial charge in [0, 0.05) is 55.5 Å². The maximum absolute atomic E-state index is 12.8. The smallest absolute Gasteiger partial charge is 0.322 e. The number of piperazine rings is 1. The van der Waals surface area contributed by atoms with E-state index in [0.717, 1.165) is 25.9 Å². The summed E-state index contributed by atoms with van der Waals surface area (Å²) in [5, 5.41) is 4.30. The highest BCUT2D eigenvalue weighted by atomic mass is 35.5. The van der Waals surface area contributed by atoms with Crippen LogP contribution in [0.25, 0.3) is 0 Å². The maximum atomic E-state index is 12.8. The summed E-state index contributed by atoms with van der Waals surface area (Å²) >= 11 is 13.6. The molecule has 0 saturated carbocycles. The Morgan fingerprint density at radius 3 is 2.64 bits per heavy atom. The average molecular weight is 509 g/mol. The molecule has 1 atom stereocenters. The van der Waals surface area contributed by atoms with Gasteiger partial charge < -0.3 is 20.0 Å². The topological polar surface area (TPSA) is 81.7 Å². The number of hydrogen-bond donors (Lipinski definition) is 1. The van der Waals surface area contributed by atoms with Crippen LogP contribution >= 0.6 is 35.0 Å². The number of hydrogen-bond acceptors (Lipinski definition) is 6. The Hall–Kier alpha value is -2.23. The molecular formula is C22H26Cl2N6O2S. The minimum Gasteiger partial charge on any atom is -0.353 e. The number of carbonyl (C=O) groups is 2. The number of rotatable bonds is 5. The molecule has 0 bridgehead atoms. The molecule has 3 amide bonds. The van der Waals surface area contributed by atoms with Crippen LogP contribution in [-0.2, 0) is 4.79 Å². The number of nitrogens with one attached hydrogen (secondary N) is 1. The number of likely N-dealkylation sites (tertiary alicyclic amines) is 1. The van der Waals surface area contributed by atoms with Crippen LogP contribution in [0.1, 0.15) is 19.8 Å². The monoisotopic (exact) mass is 508 g/mol. The second kappa shape index (κ2) is 10.8. The number of urea groups is 1. The van der Waals surface area contributed by atoms with Crippen LogP contribution < -0.4 is 10.2 Å². The van der Waals surface area contributed by atoms with Crippen molar-refractivity contribution in [3.63, 3.8) is 0 Å². The van der Waals surface area contributed by atoms with E-state index in [1.54, 1.807) is 35.2 Å². The summed E-state index contributed by atoms with van der Waals surface area (Å²) in [6.07, 6.45) is 2.13. The first kappa shape index (κ1) is 23.9. The third kappa shape index (κ3) is 6.22. The molecule has 0 aliphatic carbocycles. The van der Waals surface area contributed by atoms with Crippen molar-refractivity contribution in [3.05, 3.63) is 40.5 Å². The van der Waals surface area contributed by atoms with E-state index in [9.17, 15) is 9.59 Å². The lowest BCUT2D eigenvalue weighted by atomic mass is 10.2. The van der Waals surface area contributed by atoms with Gasteiger partial charge >= 0.3 is 6.03 Å². The molecule has 33 heavy (non-hydrogen) atoms. The van der Waals surface area contributed by atoms with E-state index < -0.39 is 0 Å². The molecule has 1 unspecified atom stereocenters. The Balaban J connectivity index is 1.36. The fraction of sp³-hybridized carbons (Fsp3) is 0.455. The molecule has 2 aliphatic rings. The standard InChI is InChI=1S/C22H26Cl2N6O2S/c1-15-13-29(9-10-30(15)22(32)25-17-6-4-5-16(23)11-17)19-12-18(24)26-21(27-19)33-14-20(31)28-7-2-3-8-28/h4-6,11-12,15H,2-3,7-10,13-14H2,1H3,(H,25,32). The highest BCUT2D eigenvalue weighted by Crippen LogP contribution is 2.25. The molecule has 3 heterocycles. The molecular weight excluding hydrogens is 483 g/mol. The van der Waals surface area contributed by atoms with Crippen LogP contribution in [0, 0.1) is 0 Å². The van der Waals surface area contributed by atoms with E-state index in [2.05, 4.69) is 20.2 Å². The van der Waals surface area contributed by atoms with E-state index in [4.69, 9.17) is 23.2 Å². The van der Waals surface area contributed by atoms with Crippen molar-refractivity contribution in [1.82, 2.24) is 19.8 Å². The van der Waals surface area contributed by atoms with Crippen molar-refractivity contribution in [3.8, 4) is 0 Å². The number of benzene rings is 1. The van der Waals surface area contributed by atoms with Crippen LogP contribution in [0.5, 0.6) is 0 Å². The Morgan fingerprint density at radius 2 is 1.91 bits per heavy atom. The van der Waals surface area contributed by atoms with Crippen molar-refractivity contribution < 1.29 is 9.59 Å². The fourth-order valence-electron chi connectivity index (χ4n) is 4.03. The number of carbonyl (C=O) groups excluding carboxylic acids is 2. The van der Waals surface area contributed by atoms with Crippen molar-refractivity contribution in [1.29, 1.82) is 0 Å². The number of thioether (sulfide) groups is 1. The number of aromatic nitrogens is 2. The van der Waals surface area contributed by atoms with Crippen LogP contribution in [0.2, 0.25) is 10.2 Å². The van der Waals surface area contributed by atoms with E-state index in [1.807, 2.05) is 11.8 Å². The molecule has 8 nitrogen and oxygen atoms in total. The predicted molar refractivity (Wildman–Crippen MR) is 132 cm³/mol. The Bertz CT molecular complexity index is 1020. The summed E-state index contributed by atoms with van der Waals surface area (Å²) < 4.78 is 0. The van der Waals surface area contributed by atoms with Crippen molar-refractivity contribution in [2.75, 3.05) is 48.7 Å². The molecule has 0 spiro atoms. The molecule has 2 aromatic rings. The van der Waals surface area contributed by atoms with Gasteiger partial charge in [0.25, 0.3) is 0 Å². The van der Waals surface area contributed by atoms with E-state index in [-0.39, 0.29) is 18.0 Å². The molecule has 1 aromatic heterocycles. The average Bonchev–Trinajstić information content (AvgIpc) is 3.32. The molecule has 176 valence electrons. The van der Waals surface area contributed by atoms with Gasteiger partial charge in [0.05, 0.1) is 5.75 Å².